The fourth-order valence-electron chi connectivity index (χ4n) is 3.71. The normalized spacial score (nSPS) is 49.3. The fourth-order valence-corrected chi connectivity index (χ4v) is 3.71. The SMILES string of the molecule is NC[C@@]1(CC(=O)O)[C@@H]2C3=CC[C@H]1[C@@H]32. The summed E-state index contributed by atoms with van der Waals surface area (Å²) in [6.07, 6.45) is 3.63. The number of carboxylic acid groups (broad SMARTS) is 1. The summed E-state index contributed by atoms with van der Waals surface area (Å²) >= 11 is 0. The molecule has 0 unspecified atom stereocenters. The number of carbonyl (C=O) groups is 1. The first-order valence-electron chi connectivity index (χ1n) is 4.82. The van der Waals surface area contributed by atoms with Crippen molar-refractivity contribution in [1.82, 2.24) is 0 Å². The average Bonchev–Trinajstić information content (AvgIpc) is 2.60. The Balaban J connectivity index is 1.89. The van der Waals surface area contributed by atoms with Gasteiger partial charge in [0.15, 0.2) is 0 Å². The van der Waals surface area contributed by atoms with Gasteiger partial charge in [0, 0.05) is 5.41 Å². The highest BCUT2D eigenvalue weighted by molar-refractivity contribution is 5.70. The second-order valence-electron chi connectivity index (χ2n) is 4.56. The van der Waals surface area contributed by atoms with E-state index in [9.17, 15) is 4.79 Å². The van der Waals surface area contributed by atoms with Crippen LogP contribution in [0.4, 0.5) is 0 Å². The number of allylic oxidation sites excluding steroid dienone is 2. The molecule has 0 aromatic rings. The Hall–Kier alpha value is -0.830. The number of rotatable bonds is 3. The molecule has 3 aliphatic rings. The molecular formula is C10H13NO2. The molecule has 13 heavy (non-hydrogen) atoms. The molecule has 0 aliphatic heterocycles. The van der Waals surface area contributed by atoms with E-state index in [-0.39, 0.29) is 11.8 Å². The van der Waals surface area contributed by atoms with Gasteiger partial charge in [-0.05, 0) is 30.7 Å². The van der Waals surface area contributed by atoms with Crippen molar-refractivity contribution < 1.29 is 9.90 Å². The lowest BCUT2D eigenvalue weighted by atomic mass is 9.57. The topological polar surface area (TPSA) is 63.3 Å². The maximum atomic E-state index is 10.7. The minimum Gasteiger partial charge on any atom is -0.481 e. The van der Waals surface area contributed by atoms with Crippen LogP contribution in [0, 0.1) is 23.2 Å². The molecule has 70 valence electrons. The smallest absolute Gasteiger partial charge is 0.303 e. The zero-order chi connectivity index (χ0) is 9.22. The van der Waals surface area contributed by atoms with Gasteiger partial charge in [0.05, 0.1) is 6.42 Å². The molecule has 4 atom stereocenters. The second-order valence-corrected chi connectivity index (χ2v) is 4.56. The molecule has 0 spiro atoms. The molecule has 3 heteroatoms. The molecule has 3 aliphatic carbocycles. The van der Waals surface area contributed by atoms with Crippen LogP contribution < -0.4 is 5.73 Å². The van der Waals surface area contributed by atoms with Gasteiger partial charge in [0.1, 0.15) is 0 Å². The Kier molecular flexibility index (Phi) is 1.15. The Labute approximate surface area is 76.6 Å². The van der Waals surface area contributed by atoms with Gasteiger partial charge in [-0.2, -0.15) is 0 Å². The van der Waals surface area contributed by atoms with Crippen molar-refractivity contribution >= 4 is 5.97 Å². The Morgan fingerprint density at radius 1 is 1.77 bits per heavy atom. The van der Waals surface area contributed by atoms with E-state index in [1.54, 1.807) is 0 Å². The van der Waals surface area contributed by atoms with Gasteiger partial charge in [0.2, 0.25) is 0 Å². The van der Waals surface area contributed by atoms with Crippen LogP contribution in [0.3, 0.4) is 0 Å². The van der Waals surface area contributed by atoms with E-state index >= 15 is 0 Å². The van der Waals surface area contributed by atoms with Crippen LogP contribution in [0.15, 0.2) is 11.6 Å². The summed E-state index contributed by atoms with van der Waals surface area (Å²) in [4.78, 5) is 10.7. The second kappa shape index (κ2) is 1.98. The number of fused-ring (bicyclic) bond motifs is 1. The summed E-state index contributed by atoms with van der Waals surface area (Å²) in [7, 11) is 0. The average molecular weight is 179 g/mol. The molecule has 2 saturated carbocycles. The predicted molar refractivity (Wildman–Crippen MR) is 46.9 cm³/mol. The maximum Gasteiger partial charge on any atom is 0.303 e. The highest BCUT2D eigenvalue weighted by Crippen LogP contribution is 2.79. The third-order valence-corrected chi connectivity index (χ3v) is 4.25. The summed E-state index contributed by atoms with van der Waals surface area (Å²) in [5.41, 5.74) is 7.19. The van der Waals surface area contributed by atoms with Crippen molar-refractivity contribution in [3.05, 3.63) is 11.6 Å². The van der Waals surface area contributed by atoms with Crippen molar-refractivity contribution in [2.24, 2.45) is 28.9 Å². The van der Waals surface area contributed by atoms with Crippen LogP contribution in [-0.2, 0) is 4.79 Å². The van der Waals surface area contributed by atoms with Gasteiger partial charge in [-0.3, -0.25) is 4.79 Å². The van der Waals surface area contributed by atoms with E-state index in [1.807, 2.05) is 0 Å². The van der Waals surface area contributed by atoms with Gasteiger partial charge < -0.3 is 10.8 Å². The molecule has 0 aromatic carbocycles. The molecule has 0 aromatic heterocycles. The fraction of sp³-hybridized carbons (Fsp3) is 0.700. The number of nitrogens with two attached hydrogens (primary N) is 1. The lowest BCUT2D eigenvalue weighted by Gasteiger charge is -2.47. The molecular weight excluding hydrogens is 166 g/mol. The minimum absolute atomic E-state index is 0.0550. The van der Waals surface area contributed by atoms with Gasteiger partial charge in [0.25, 0.3) is 0 Å². The van der Waals surface area contributed by atoms with E-state index in [2.05, 4.69) is 6.08 Å². The van der Waals surface area contributed by atoms with Crippen LogP contribution in [0.25, 0.3) is 0 Å². The van der Waals surface area contributed by atoms with Crippen LogP contribution >= 0.6 is 0 Å². The summed E-state index contributed by atoms with van der Waals surface area (Å²) in [6, 6.07) is 0. The highest BCUT2D eigenvalue weighted by Gasteiger charge is 2.75. The highest BCUT2D eigenvalue weighted by atomic mass is 16.4. The van der Waals surface area contributed by atoms with Crippen LogP contribution in [0.1, 0.15) is 12.8 Å². The first-order valence-corrected chi connectivity index (χ1v) is 4.82. The van der Waals surface area contributed by atoms with Crippen LogP contribution in [-0.4, -0.2) is 17.6 Å². The van der Waals surface area contributed by atoms with E-state index in [1.165, 1.54) is 5.57 Å². The van der Waals surface area contributed by atoms with Crippen LogP contribution in [0.2, 0.25) is 0 Å². The Bertz CT molecular complexity index is 323. The van der Waals surface area contributed by atoms with Crippen molar-refractivity contribution in [3.63, 3.8) is 0 Å². The largest absolute Gasteiger partial charge is 0.481 e. The molecule has 3 rings (SSSR count). The third kappa shape index (κ3) is 0.645. The molecule has 0 heterocycles. The van der Waals surface area contributed by atoms with Crippen molar-refractivity contribution in [2.75, 3.05) is 6.54 Å². The molecule has 0 saturated heterocycles. The lowest BCUT2D eigenvalue weighted by Crippen LogP contribution is -2.50. The van der Waals surface area contributed by atoms with Gasteiger partial charge in [-0.25, -0.2) is 0 Å². The Morgan fingerprint density at radius 2 is 2.54 bits per heavy atom. The van der Waals surface area contributed by atoms with E-state index < -0.39 is 5.97 Å². The molecule has 3 N–H and O–H groups in total. The maximum absolute atomic E-state index is 10.7. The standard InChI is InChI=1S/C10H13NO2/c11-4-10(3-7(12)13)6-2-1-5-8(6)9(5)10/h1,6,8-9H,2-4,11H2,(H,12,13)/t6-,8+,9+,10+/m0/s1. The van der Waals surface area contributed by atoms with E-state index in [0.29, 0.717) is 18.4 Å². The third-order valence-electron chi connectivity index (χ3n) is 4.25. The number of aliphatic carboxylic acids is 1. The van der Waals surface area contributed by atoms with Crippen LogP contribution in [0.5, 0.6) is 0 Å². The summed E-state index contributed by atoms with van der Waals surface area (Å²) in [6.45, 7) is 0.544. The molecule has 3 nitrogen and oxygen atoms in total. The van der Waals surface area contributed by atoms with Crippen molar-refractivity contribution in [2.45, 2.75) is 12.8 Å². The van der Waals surface area contributed by atoms with Gasteiger partial charge in [-0.15, -0.1) is 0 Å². The monoisotopic (exact) mass is 179 g/mol. The number of hydrogen-bond donors (Lipinski definition) is 2. The predicted octanol–water partition coefficient (Wildman–Crippen LogP) is 0.612. The van der Waals surface area contributed by atoms with Gasteiger partial charge >= 0.3 is 5.97 Å². The lowest BCUT2D eigenvalue weighted by molar-refractivity contribution is -0.144. The first kappa shape index (κ1) is 7.56. The zero-order valence-electron chi connectivity index (χ0n) is 7.36. The molecule has 0 radical (unpaired) electrons. The van der Waals surface area contributed by atoms with Gasteiger partial charge in [-0.1, -0.05) is 11.6 Å². The van der Waals surface area contributed by atoms with E-state index in [0.717, 1.165) is 12.3 Å². The Morgan fingerprint density at radius 3 is 2.92 bits per heavy atom. The molecule has 2 fully saturated rings. The zero-order valence-corrected chi connectivity index (χ0v) is 7.36. The molecule has 0 bridgehead atoms. The van der Waals surface area contributed by atoms with E-state index in [4.69, 9.17) is 10.8 Å². The van der Waals surface area contributed by atoms with Crippen molar-refractivity contribution in [3.8, 4) is 0 Å². The number of carboxylic acids is 1. The first-order chi connectivity index (χ1) is 6.20. The summed E-state index contributed by atoms with van der Waals surface area (Å²) < 4.78 is 0. The number of hydrogen-bond acceptors (Lipinski definition) is 2. The molecule has 0 amide bonds. The van der Waals surface area contributed by atoms with Crippen molar-refractivity contribution in [1.29, 1.82) is 0 Å². The summed E-state index contributed by atoms with van der Waals surface area (Å²) in [5.74, 6) is 1.16. The summed E-state index contributed by atoms with van der Waals surface area (Å²) in [5, 5.41) is 8.83. The minimum atomic E-state index is -0.693. The quantitative estimate of drug-likeness (QED) is 0.624.